The number of fused-ring (bicyclic) bond motifs is 3. The number of hydrogen-bond acceptors (Lipinski definition) is 7. The molecular formula is C26H31N5O3. The van der Waals surface area contributed by atoms with Gasteiger partial charge in [-0.15, -0.1) is 10.2 Å². The van der Waals surface area contributed by atoms with Gasteiger partial charge in [0.05, 0.1) is 12.7 Å². The van der Waals surface area contributed by atoms with Crippen molar-refractivity contribution in [2.75, 3.05) is 32.0 Å². The summed E-state index contributed by atoms with van der Waals surface area (Å²) in [7, 11) is 3.52. The molecule has 0 spiro atoms. The summed E-state index contributed by atoms with van der Waals surface area (Å²) >= 11 is 0. The zero-order valence-corrected chi connectivity index (χ0v) is 19.8. The first-order valence-electron chi connectivity index (χ1n) is 12.2. The van der Waals surface area contributed by atoms with E-state index in [1.807, 2.05) is 37.6 Å². The molecule has 2 saturated carbocycles. The third-order valence-electron chi connectivity index (χ3n) is 7.53. The maximum Gasteiger partial charge on any atom is 0.194 e. The van der Waals surface area contributed by atoms with Gasteiger partial charge in [-0.3, -0.25) is 4.68 Å². The smallest absolute Gasteiger partial charge is 0.194 e. The maximum atomic E-state index is 6.07. The van der Waals surface area contributed by atoms with Crippen LogP contribution >= 0.6 is 0 Å². The number of ether oxygens (including phenoxy) is 3. The van der Waals surface area contributed by atoms with Crippen LogP contribution in [-0.4, -0.2) is 53.1 Å². The van der Waals surface area contributed by atoms with Crippen molar-refractivity contribution in [3.8, 4) is 33.9 Å². The Labute approximate surface area is 199 Å². The normalized spacial score (nSPS) is 23.5. The number of anilines is 1. The van der Waals surface area contributed by atoms with E-state index in [0.717, 1.165) is 52.3 Å². The van der Waals surface area contributed by atoms with Crippen molar-refractivity contribution in [1.82, 2.24) is 20.0 Å². The minimum atomic E-state index is 0.149. The van der Waals surface area contributed by atoms with Crippen LogP contribution in [0.15, 0.2) is 36.7 Å². The lowest BCUT2D eigenvalue weighted by Crippen LogP contribution is -2.44. The van der Waals surface area contributed by atoms with Gasteiger partial charge < -0.3 is 19.1 Å². The van der Waals surface area contributed by atoms with E-state index in [9.17, 15) is 0 Å². The number of aryl methyl sites for hydroxylation is 1. The summed E-state index contributed by atoms with van der Waals surface area (Å²) in [5, 5.41) is 13.6. The van der Waals surface area contributed by atoms with Crippen molar-refractivity contribution < 1.29 is 14.2 Å². The van der Waals surface area contributed by atoms with Gasteiger partial charge in [-0.05, 0) is 48.8 Å². The largest absolute Gasteiger partial charge is 0.488 e. The minimum Gasteiger partial charge on any atom is -0.488 e. The summed E-state index contributed by atoms with van der Waals surface area (Å²) in [5.41, 5.74) is 3.63. The summed E-state index contributed by atoms with van der Waals surface area (Å²) in [6.07, 6.45) is 10.6. The van der Waals surface area contributed by atoms with Crippen molar-refractivity contribution >= 4 is 5.82 Å². The van der Waals surface area contributed by atoms with Gasteiger partial charge in [0, 0.05) is 43.6 Å². The molecule has 0 radical (unpaired) electrons. The Morgan fingerprint density at radius 1 is 1.06 bits per heavy atom. The Bertz CT molecular complexity index is 1170. The predicted octanol–water partition coefficient (Wildman–Crippen LogP) is 4.30. The monoisotopic (exact) mass is 461 g/mol. The number of rotatable bonds is 6. The molecule has 3 heterocycles. The topological polar surface area (TPSA) is 74.5 Å². The molecule has 0 N–H and O–H groups in total. The van der Waals surface area contributed by atoms with Gasteiger partial charge in [0.25, 0.3) is 0 Å². The third kappa shape index (κ3) is 4.00. The van der Waals surface area contributed by atoms with Crippen LogP contribution in [0.25, 0.3) is 22.4 Å². The highest BCUT2D eigenvalue weighted by Crippen LogP contribution is 2.46. The molecule has 0 amide bonds. The van der Waals surface area contributed by atoms with Gasteiger partial charge in [0.2, 0.25) is 0 Å². The highest BCUT2D eigenvalue weighted by molar-refractivity contribution is 5.75. The molecule has 2 aromatic heterocycles. The minimum absolute atomic E-state index is 0.149. The molecule has 2 aliphatic carbocycles. The van der Waals surface area contributed by atoms with Gasteiger partial charge in [-0.25, -0.2) is 0 Å². The summed E-state index contributed by atoms with van der Waals surface area (Å²) in [5.74, 6) is 4.13. The Balaban J connectivity index is 1.32. The van der Waals surface area contributed by atoms with Gasteiger partial charge >= 0.3 is 0 Å². The lowest BCUT2D eigenvalue weighted by molar-refractivity contribution is 0.0515. The number of methoxy groups -OCH3 is 1. The molecule has 1 unspecified atom stereocenters. The first kappa shape index (κ1) is 21.4. The van der Waals surface area contributed by atoms with E-state index in [1.54, 1.807) is 11.8 Å². The molecule has 1 aromatic carbocycles. The van der Waals surface area contributed by atoms with E-state index in [0.29, 0.717) is 18.4 Å². The molecule has 0 saturated heterocycles. The molecule has 3 aliphatic rings. The van der Waals surface area contributed by atoms with E-state index in [4.69, 9.17) is 14.2 Å². The lowest BCUT2D eigenvalue weighted by atomic mass is 9.84. The molecular weight excluding hydrogens is 430 g/mol. The molecule has 6 rings (SSSR count). The summed E-state index contributed by atoms with van der Waals surface area (Å²) < 4.78 is 19.0. The van der Waals surface area contributed by atoms with E-state index in [-0.39, 0.29) is 6.79 Å². The van der Waals surface area contributed by atoms with Crippen LogP contribution in [0.1, 0.15) is 32.1 Å². The number of aromatic nitrogens is 4. The van der Waals surface area contributed by atoms with Crippen molar-refractivity contribution in [1.29, 1.82) is 0 Å². The second-order valence-electron chi connectivity index (χ2n) is 9.79. The highest BCUT2D eigenvalue weighted by atomic mass is 16.7. The summed E-state index contributed by atoms with van der Waals surface area (Å²) in [4.78, 5) is 2.45. The Morgan fingerprint density at radius 2 is 1.91 bits per heavy atom. The van der Waals surface area contributed by atoms with Crippen LogP contribution in [0.3, 0.4) is 0 Å². The second kappa shape index (κ2) is 8.91. The molecule has 8 heteroatoms. The molecule has 2 bridgehead atoms. The average Bonchev–Trinajstić information content (AvgIpc) is 3.45. The fourth-order valence-electron chi connectivity index (χ4n) is 5.97. The van der Waals surface area contributed by atoms with Crippen LogP contribution < -0.4 is 14.4 Å². The van der Waals surface area contributed by atoms with Crippen LogP contribution in [0.5, 0.6) is 11.5 Å². The predicted molar refractivity (Wildman–Crippen MR) is 129 cm³/mol. The van der Waals surface area contributed by atoms with Gasteiger partial charge in [-0.1, -0.05) is 18.9 Å². The standard InChI is InChI=1S/C26H31N5O3/c1-30-15-20(14-27-30)19-5-6-22(24(12-19)34-16-32-2)23-13-25-26(29-28-23)31(7-8-33-25)21-10-17-3-4-18(9-17)11-21/h5-6,12-15,17-18,21H,3-4,7-11,16H2,1-2H3/t17-,18?,21+/m0/s1. The first-order valence-corrected chi connectivity index (χ1v) is 12.2. The van der Waals surface area contributed by atoms with E-state index in [2.05, 4.69) is 26.3 Å². The van der Waals surface area contributed by atoms with Crippen LogP contribution in [-0.2, 0) is 11.8 Å². The van der Waals surface area contributed by atoms with Crippen molar-refractivity contribution in [3.63, 3.8) is 0 Å². The van der Waals surface area contributed by atoms with Crippen LogP contribution in [0.2, 0.25) is 0 Å². The number of benzene rings is 1. The highest BCUT2D eigenvalue weighted by Gasteiger charge is 2.38. The second-order valence-corrected chi connectivity index (χ2v) is 9.79. The fraction of sp³-hybridized carbons (Fsp3) is 0.500. The lowest BCUT2D eigenvalue weighted by Gasteiger charge is -2.40. The quantitative estimate of drug-likeness (QED) is 0.507. The Kier molecular flexibility index (Phi) is 5.61. The van der Waals surface area contributed by atoms with Crippen molar-refractivity contribution in [3.05, 3.63) is 36.7 Å². The number of hydrogen-bond donors (Lipinski definition) is 0. The molecule has 3 atom stereocenters. The summed E-state index contributed by atoms with van der Waals surface area (Å²) in [6.45, 7) is 1.71. The van der Waals surface area contributed by atoms with Gasteiger partial charge in [-0.2, -0.15) is 5.10 Å². The van der Waals surface area contributed by atoms with E-state index < -0.39 is 0 Å². The summed E-state index contributed by atoms with van der Waals surface area (Å²) in [6, 6.07) is 8.62. The zero-order chi connectivity index (χ0) is 23.1. The molecule has 3 aromatic rings. The van der Waals surface area contributed by atoms with E-state index >= 15 is 0 Å². The fourth-order valence-corrected chi connectivity index (χ4v) is 5.97. The van der Waals surface area contributed by atoms with E-state index in [1.165, 1.54) is 32.1 Å². The number of nitrogens with zero attached hydrogens (tertiary/aromatic N) is 5. The molecule has 2 fully saturated rings. The average molecular weight is 462 g/mol. The van der Waals surface area contributed by atoms with Crippen LogP contribution in [0, 0.1) is 11.8 Å². The molecule has 34 heavy (non-hydrogen) atoms. The molecule has 178 valence electrons. The zero-order valence-electron chi connectivity index (χ0n) is 19.8. The molecule has 1 aliphatic heterocycles. The Morgan fingerprint density at radius 3 is 2.68 bits per heavy atom. The van der Waals surface area contributed by atoms with Gasteiger partial charge in [0.1, 0.15) is 18.1 Å². The Hall–Kier alpha value is -3.13. The first-order chi connectivity index (χ1) is 16.7. The third-order valence-corrected chi connectivity index (χ3v) is 7.53. The van der Waals surface area contributed by atoms with Crippen LogP contribution in [0.4, 0.5) is 5.82 Å². The van der Waals surface area contributed by atoms with Gasteiger partial charge in [0.15, 0.2) is 18.4 Å². The van der Waals surface area contributed by atoms with Crippen molar-refractivity contribution in [2.45, 2.75) is 38.1 Å². The van der Waals surface area contributed by atoms with Crippen molar-refractivity contribution in [2.24, 2.45) is 18.9 Å². The molecule has 8 nitrogen and oxygen atoms in total. The SMILES string of the molecule is COCOc1cc(-c2cnn(C)c2)ccc1-c1cc2c(nn1)N([C@H]1CC3CC[C@@H](C3)C1)CCO2. The maximum absolute atomic E-state index is 6.07.